The zero-order valence-corrected chi connectivity index (χ0v) is 18.6. The maximum atomic E-state index is 13.8. The molecule has 1 aromatic rings. The van der Waals surface area contributed by atoms with Gasteiger partial charge < -0.3 is 15.0 Å². The van der Waals surface area contributed by atoms with Crippen LogP contribution in [-0.4, -0.2) is 48.1 Å². The van der Waals surface area contributed by atoms with E-state index in [0.717, 1.165) is 75.7 Å². The Morgan fingerprint density at radius 2 is 1.71 bits per heavy atom. The normalized spacial score (nSPS) is 26.8. The third-order valence-corrected chi connectivity index (χ3v) is 8.32. The van der Waals surface area contributed by atoms with Gasteiger partial charge in [0.15, 0.2) is 0 Å². The second-order valence-electron chi connectivity index (χ2n) is 10.1. The Morgan fingerprint density at radius 3 is 2.45 bits per heavy atom. The SMILES string of the molecule is O=C(NCC1CCOCC1)[C@H]1c2ccccc2C(=O)N(C2CCCCC2)C12CCCC2. The van der Waals surface area contributed by atoms with Crippen molar-refractivity contribution < 1.29 is 14.3 Å². The number of nitrogens with one attached hydrogen (secondary N) is 1. The molecule has 2 heterocycles. The largest absolute Gasteiger partial charge is 0.381 e. The molecule has 5 rings (SSSR count). The fraction of sp³-hybridized carbons (Fsp3) is 0.692. The minimum absolute atomic E-state index is 0.120. The zero-order valence-electron chi connectivity index (χ0n) is 18.6. The summed E-state index contributed by atoms with van der Waals surface area (Å²) < 4.78 is 5.48. The number of hydrogen-bond donors (Lipinski definition) is 1. The molecule has 2 aliphatic carbocycles. The molecule has 1 N–H and O–H groups in total. The molecule has 31 heavy (non-hydrogen) atoms. The van der Waals surface area contributed by atoms with Gasteiger partial charge >= 0.3 is 0 Å². The first-order valence-electron chi connectivity index (χ1n) is 12.5. The van der Waals surface area contributed by atoms with Gasteiger partial charge in [0.05, 0.1) is 11.5 Å². The van der Waals surface area contributed by atoms with E-state index in [2.05, 4.69) is 10.2 Å². The highest BCUT2D eigenvalue weighted by atomic mass is 16.5. The molecule has 1 spiro atoms. The minimum Gasteiger partial charge on any atom is -0.381 e. The Kier molecular flexibility index (Phi) is 6.05. The van der Waals surface area contributed by atoms with Crippen LogP contribution in [0.15, 0.2) is 24.3 Å². The number of benzene rings is 1. The van der Waals surface area contributed by atoms with E-state index < -0.39 is 0 Å². The van der Waals surface area contributed by atoms with Crippen LogP contribution in [0.1, 0.15) is 92.5 Å². The van der Waals surface area contributed by atoms with Crippen molar-refractivity contribution in [2.75, 3.05) is 19.8 Å². The first-order valence-corrected chi connectivity index (χ1v) is 12.5. The first-order chi connectivity index (χ1) is 15.2. The van der Waals surface area contributed by atoms with Crippen LogP contribution in [0, 0.1) is 5.92 Å². The van der Waals surface area contributed by atoms with Crippen LogP contribution in [0.2, 0.25) is 0 Å². The van der Waals surface area contributed by atoms with Gasteiger partial charge in [0.2, 0.25) is 5.91 Å². The molecular weight excluding hydrogens is 388 g/mol. The number of carbonyl (C=O) groups is 2. The summed E-state index contributed by atoms with van der Waals surface area (Å²) in [6.45, 7) is 2.30. The number of carbonyl (C=O) groups excluding carboxylic acids is 2. The van der Waals surface area contributed by atoms with E-state index in [9.17, 15) is 9.59 Å². The average molecular weight is 425 g/mol. The third kappa shape index (κ3) is 3.79. The Balaban J connectivity index is 1.49. The quantitative estimate of drug-likeness (QED) is 0.779. The van der Waals surface area contributed by atoms with Gasteiger partial charge in [0, 0.05) is 31.4 Å². The Hall–Kier alpha value is -1.88. The predicted molar refractivity (Wildman–Crippen MR) is 120 cm³/mol. The molecule has 0 radical (unpaired) electrons. The topological polar surface area (TPSA) is 58.6 Å². The molecule has 0 bridgehead atoms. The van der Waals surface area contributed by atoms with Crippen LogP contribution in [-0.2, 0) is 9.53 Å². The molecule has 2 saturated carbocycles. The van der Waals surface area contributed by atoms with E-state index in [0.29, 0.717) is 12.5 Å². The molecular formula is C26H36N2O3. The van der Waals surface area contributed by atoms with E-state index in [1.165, 1.54) is 19.3 Å². The lowest BCUT2D eigenvalue weighted by Crippen LogP contribution is -2.64. The lowest BCUT2D eigenvalue weighted by atomic mass is 9.69. The van der Waals surface area contributed by atoms with Crippen LogP contribution >= 0.6 is 0 Å². The van der Waals surface area contributed by atoms with Gasteiger partial charge in [-0.15, -0.1) is 0 Å². The van der Waals surface area contributed by atoms with Crippen molar-refractivity contribution in [3.63, 3.8) is 0 Å². The summed E-state index contributed by atoms with van der Waals surface area (Å²) in [5, 5.41) is 3.32. The van der Waals surface area contributed by atoms with Crippen molar-refractivity contribution >= 4 is 11.8 Å². The highest BCUT2D eigenvalue weighted by Crippen LogP contribution is 2.52. The summed E-state index contributed by atoms with van der Waals surface area (Å²) in [5.41, 5.74) is 1.34. The summed E-state index contributed by atoms with van der Waals surface area (Å²) >= 11 is 0. The molecule has 0 unspecified atom stereocenters. The lowest BCUT2D eigenvalue weighted by Gasteiger charge is -2.54. The molecule has 168 valence electrons. The maximum absolute atomic E-state index is 13.8. The molecule has 5 nitrogen and oxygen atoms in total. The van der Waals surface area contributed by atoms with Gasteiger partial charge in [0.25, 0.3) is 5.91 Å². The van der Waals surface area contributed by atoms with Gasteiger partial charge in [-0.25, -0.2) is 0 Å². The highest BCUT2D eigenvalue weighted by Gasteiger charge is 2.57. The van der Waals surface area contributed by atoms with Crippen LogP contribution in [0.4, 0.5) is 0 Å². The molecule has 4 aliphatic rings. The van der Waals surface area contributed by atoms with Crippen LogP contribution in [0.5, 0.6) is 0 Å². The standard InChI is InChI=1S/C26H36N2O3/c29-24(27-18-19-12-16-31-17-13-19)23-21-10-4-5-11-22(21)25(30)28(20-8-2-1-3-9-20)26(23)14-6-7-15-26/h4-5,10-11,19-20,23H,1-3,6-9,12-18H2,(H,27,29)/t23-/m1/s1. The van der Waals surface area contributed by atoms with Gasteiger partial charge in [-0.05, 0) is 56.1 Å². The maximum Gasteiger partial charge on any atom is 0.254 e. The van der Waals surface area contributed by atoms with Crippen molar-refractivity contribution in [2.24, 2.45) is 5.92 Å². The number of amides is 2. The van der Waals surface area contributed by atoms with E-state index in [4.69, 9.17) is 4.74 Å². The summed E-state index contributed by atoms with van der Waals surface area (Å²) in [5.74, 6) is 0.518. The van der Waals surface area contributed by atoms with Crippen molar-refractivity contribution in [1.29, 1.82) is 0 Å². The average Bonchev–Trinajstić information content (AvgIpc) is 3.28. The fourth-order valence-corrected chi connectivity index (χ4v) is 6.77. The molecule has 0 aromatic heterocycles. The van der Waals surface area contributed by atoms with Gasteiger partial charge in [0.1, 0.15) is 0 Å². The van der Waals surface area contributed by atoms with E-state index >= 15 is 0 Å². The van der Waals surface area contributed by atoms with Gasteiger partial charge in [-0.2, -0.15) is 0 Å². The Labute approximate surface area is 185 Å². The Morgan fingerprint density at radius 1 is 1.00 bits per heavy atom. The number of nitrogens with zero attached hydrogens (tertiary/aromatic N) is 1. The molecule has 2 amide bonds. The predicted octanol–water partition coefficient (Wildman–Crippen LogP) is 4.41. The smallest absolute Gasteiger partial charge is 0.254 e. The van der Waals surface area contributed by atoms with E-state index in [1.54, 1.807) is 0 Å². The third-order valence-electron chi connectivity index (χ3n) is 8.32. The highest BCUT2D eigenvalue weighted by molar-refractivity contribution is 6.02. The summed E-state index contributed by atoms with van der Waals surface area (Å²) in [7, 11) is 0. The summed E-state index contributed by atoms with van der Waals surface area (Å²) in [6.07, 6.45) is 11.9. The van der Waals surface area contributed by atoms with Crippen molar-refractivity contribution in [3.05, 3.63) is 35.4 Å². The van der Waals surface area contributed by atoms with Crippen molar-refractivity contribution in [1.82, 2.24) is 10.2 Å². The number of rotatable bonds is 4. The van der Waals surface area contributed by atoms with Crippen molar-refractivity contribution in [2.45, 2.75) is 88.1 Å². The monoisotopic (exact) mass is 424 g/mol. The van der Waals surface area contributed by atoms with Crippen LogP contribution < -0.4 is 5.32 Å². The lowest BCUT2D eigenvalue weighted by molar-refractivity contribution is -0.127. The fourth-order valence-electron chi connectivity index (χ4n) is 6.77. The second-order valence-corrected chi connectivity index (χ2v) is 10.1. The molecule has 1 atom stereocenters. The molecule has 1 aromatic carbocycles. The van der Waals surface area contributed by atoms with Gasteiger partial charge in [-0.3, -0.25) is 9.59 Å². The minimum atomic E-state index is -0.354. The molecule has 2 aliphatic heterocycles. The zero-order chi connectivity index (χ0) is 21.3. The van der Waals surface area contributed by atoms with Crippen LogP contribution in [0.3, 0.4) is 0 Å². The Bertz CT molecular complexity index is 805. The van der Waals surface area contributed by atoms with E-state index in [-0.39, 0.29) is 29.3 Å². The molecule has 3 fully saturated rings. The second kappa shape index (κ2) is 8.93. The van der Waals surface area contributed by atoms with Crippen LogP contribution in [0.25, 0.3) is 0 Å². The summed E-state index contributed by atoms with van der Waals surface area (Å²) in [6, 6.07) is 8.18. The van der Waals surface area contributed by atoms with Gasteiger partial charge in [-0.1, -0.05) is 50.3 Å². The number of hydrogen-bond acceptors (Lipinski definition) is 3. The number of ether oxygens (including phenoxy) is 1. The first kappa shape index (κ1) is 21.0. The number of fused-ring (bicyclic) bond motifs is 1. The van der Waals surface area contributed by atoms with Crippen molar-refractivity contribution in [3.8, 4) is 0 Å². The summed E-state index contributed by atoms with van der Waals surface area (Å²) in [4.78, 5) is 29.9. The van der Waals surface area contributed by atoms with E-state index in [1.807, 2.05) is 24.3 Å². The molecule has 5 heteroatoms. The molecule has 1 saturated heterocycles.